The van der Waals surface area contributed by atoms with Crippen LogP contribution in [0.5, 0.6) is 11.5 Å². The second-order valence-corrected chi connectivity index (χ2v) is 3.87. The van der Waals surface area contributed by atoms with Crippen molar-refractivity contribution in [1.29, 1.82) is 0 Å². The lowest BCUT2D eigenvalue weighted by atomic mass is 10.1. The third-order valence-electron chi connectivity index (χ3n) is 2.76. The summed E-state index contributed by atoms with van der Waals surface area (Å²) in [6, 6.07) is 15.2. The molecule has 0 aliphatic rings. The molecule has 0 aromatic heterocycles. The van der Waals surface area contributed by atoms with E-state index in [-0.39, 0.29) is 0 Å². The highest BCUT2D eigenvalue weighted by atomic mass is 16.5. The van der Waals surface area contributed by atoms with Crippen LogP contribution in [-0.4, -0.2) is 5.11 Å². The van der Waals surface area contributed by atoms with Crippen LogP contribution in [-0.2, 0) is 13.0 Å². The first kappa shape index (κ1) is 11.5. The van der Waals surface area contributed by atoms with Crippen molar-refractivity contribution in [2.24, 2.45) is 0 Å². The fourth-order valence-corrected chi connectivity index (χ4v) is 1.79. The van der Waals surface area contributed by atoms with E-state index >= 15 is 0 Å². The Morgan fingerprint density at radius 1 is 1.00 bits per heavy atom. The number of para-hydroxylation sites is 1. The Kier molecular flexibility index (Phi) is 3.66. The average Bonchev–Trinajstić information content (AvgIpc) is 2.38. The lowest BCUT2D eigenvalue weighted by Crippen LogP contribution is -2.00. The number of hydrogen-bond acceptors (Lipinski definition) is 2. The van der Waals surface area contributed by atoms with Crippen LogP contribution in [0.3, 0.4) is 0 Å². The standard InChI is InChI=1S/C15H16O2/c1-2-12-7-6-10-15(16)14(12)11-17-13-8-4-3-5-9-13/h3-10,16H,2,11H2,1H3. The van der Waals surface area contributed by atoms with Crippen molar-refractivity contribution in [1.82, 2.24) is 0 Å². The fraction of sp³-hybridized carbons (Fsp3) is 0.200. The molecule has 17 heavy (non-hydrogen) atoms. The van der Waals surface area contributed by atoms with Gasteiger partial charge in [-0.1, -0.05) is 37.3 Å². The van der Waals surface area contributed by atoms with Crippen molar-refractivity contribution in [2.45, 2.75) is 20.0 Å². The molecule has 2 heteroatoms. The van der Waals surface area contributed by atoms with Gasteiger partial charge in [-0.15, -0.1) is 0 Å². The number of phenols is 1. The van der Waals surface area contributed by atoms with Gasteiger partial charge in [-0.25, -0.2) is 0 Å². The maximum absolute atomic E-state index is 9.82. The largest absolute Gasteiger partial charge is 0.508 e. The van der Waals surface area contributed by atoms with Crippen LogP contribution in [0.1, 0.15) is 18.1 Å². The zero-order chi connectivity index (χ0) is 12.1. The summed E-state index contributed by atoms with van der Waals surface area (Å²) in [4.78, 5) is 0. The van der Waals surface area contributed by atoms with Crippen LogP contribution in [0.4, 0.5) is 0 Å². The number of rotatable bonds is 4. The predicted molar refractivity (Wildman–Crippen MR) is 68.3 cm³/mol. The van der Waals surface area contributed by atoms with Crippen molar-refractivity contribution in [2.75, 3.05) is 0 Å². The van der Waals surface area contributed by atoms with E-state index in [0.29, 0.717) is 12.4 Å². The molecule has 0 spiro atoms. The van der Waals surface area contributed by atoms with Gasteiger partial charge in [0.2, 0.25) is 0 Å². The Balaban J connectivity index is 2.14. The highest BCUT2D eigenvalue weighted by molar-refractivity contribution is 5.39. The molecule has 0 saturated heterocycles. The topological polar surface area (TPSA) is 29.5 Å². The molecule has 0 unspecified atom stereocenters. The Morgan fingerprint density at radius 2 is 1.76 bits per heavy atom. The molecule has 2 aromatic rings. The number of ether oxygens (including phenoxy) is 1. The van der Waals surface area contributed by atoms with E-state index < -0.39 is 0 Å². The summed E-state index contributed by atoms with van der Waals surface area (Å²) in [6.45, 7) is 2.47. The maximum atomic E-state index is 9.82. The highest BCUT2D eigenvalue weighted by Gasteiger charge is 2.06. The van der Waals surface area contributed by atoms with Crippen molar-refractivity contribution < 1.29 is 9.84 Å². The Hall–Kier alpha value is -1.96. The second kappa shape index (κ2) is 5.39. The van der Waals surface area contributed by atoms with Gasteiger partial charge in [0.15, 0.2) is 0 Å². The number of aromatic hydroxyl groups is 1. The average molecular weight is 228 g/mol. The molecule has 0 aliphatic heterocycles. The van der Waals surface area contributed by atoms with Crippen LogP contribution < -0.4 is 4.74 Å². The third-order valence-corrected chi connectivity index (χ3v) is 2.76. The van der Waals surface area contributed by atoms with Gasteiger partial charge in [-0.05, 0) is 30.2 Å². The van der Waals surface area contributed by atoms with Crippen molar-refractivity contribution >= 4 is 0 Å². The molecular weight excluding hydrogens is 212 g/mol. The van der Waals surface area contributed by atoms with Crippen LogP contribution in [0.25, 0.3) is 0 Å². The fourth-order valence-electron chi connectivity index (χ4n) is 1.79. The summed E-state index contributed by atoms with van der Waals surface area (Å²) in [5, 5.41) is 9.82. The Labute approximate surface area is 101 Å². The molecule has 0 fully saturated rings. The summed E-state index contributed by atoms with van der Waals surface area (Å²) >= 11 is 0. The molecule has 0 atom stereocenters. The van der Waals surface area contributed by atoms with E-state index in [9.17, 15) is 5.11 Å². The molecule has 0 amide bonds. The minimum absolute atomic E-state index is 0.306. The van der Waals surface area contributed by atoms with E-state index in [4.69, 9.17) is 4.74 Å². The van der Waals surface area contributed by atoms with Gasteiger partial charge in [0.1, 0.15) is 18.1 Å². The summed E-state index contributed by atoms with van der Waals surface area (Å²) in [5.74, 6) is 1.12. The molecule has 1 N–H and O–H groups in total. The monoisotopic (exact) mass is 228 g/mol. The van der Waals surface area contributed by atoms with E-state index in [1.165, 1.54) is 0 Å². The minimum atomic E-state index is 0.306. The van der Waals surface area contributed by atoms with Crippen LogP contribution >= 0.6 is 0 Å². The molecule has 88 valence electrons. The maximum Gasteiger partial charge on any atom is 0.122 e. The Morgan fingerprint density at radius 3 is 2.47 bits per heavy atom. The number of phenolic OH excluding ortho intramolecular Hbond substituents is 1. The van der Waals surface area contributed by atoms with Crippen LogP contribution in [0.2, 0.25) is 0 Å². The molecule has 0 heterocycles. The van der Waals surface area contributed by atoms with Crippen LogP contribution in [0.15, 0.2) is 48.5 Å². The smallest absolute Gasteiger partial charge is 0.122 e. The zero-order valence-electron chi connectivity index (χ0n) is 9.89. The third kappa shape index (κ3) is 2.78. The van der Waals surface area contributed by atoms with Crippen molar-refractivity contribution in [3.05, 3.63) is 59.7 Å². The van der Waals surface area contributed by atoms with E-state index in [0.717, 1.165) is 23.3 Å². The molecule has 0 radical (unpaired) electrons. The van der Waals surface area contributed by atoms with Gasteiger partial charge < -0.3 is 9.84 Å². The van der Waals surface area contributed by atoms with Gasteiger partial charge in [-0.3, -0.25) is 0 Å². The van der Waals surface area contributed by atoms with Crippen molar-refractivity contribution in [3.8, 4) is 11.5 Å². The molecular formula is C15H16O2. The molecule has 2 rings (SSSR count). The molecule has 2 nitrogen and oxygen atoms in total. The summed E-state index contributed by atoms with van der Waals surface area (Å²) in [5.41, 5.74) is 2.00. The minimum Gasteiger partial charge on any atom is -0.508 e. The number of aryl methyl sites for hydroxylation is 1. The predicted octanol–water partition coefficient (Wildman–Crippen LogP) is 3.53. The van der Waals surface area contributed by atoms with E-state index in [2.05, 4.69) is 6.92 Å². The highest BCUT2D eigenvalue weighted by Crippen LogP contribution is 2.23. The summed E-state index contributed by atoms with van der Waals surface area (Å²) in [7, 11) is 0. The molecule has 0 aliphatic carbocycles. The molecule has 0 bridgehead atoms. The van der Waals surface area contributed by atoms with E-state index in [1.54, 1.807) is 6.07 Å². The summed E-state index contributed by atoms with van der Waals surface area (Å²) in [6.07, 6.45) is 0.891. The molecule has 2 aromatic carbocycles. The van der Waals surface area contributed by atoms with Crippen LogP contribution in [0, 0.1) is 0 Å². The first-order valence-electron chi connectivity index (χ1n) is 5.79. The lowest BCUT2D eigenvalue weighted by Gasteiger charge is -2.11. The van der Waals surface area contributed by atoms with Gasteiger partial charge in [-0.2, -0.15) is 0 Å². The quantitative estimate of drug-likeness (QED) is 0.867. The Bertz CT molecular complexity index is 478. The number of benzene rings is 2. The first-order chi connectivity index (χ1) is 8.31. The SMILES string of the molecule is CCc1cccc(O)c1COc1ccccc1. The van der Waals surface area contributed by atoms with Gasteiger partial charge >= 0.3 is 0 Å². The second-order valence-electron chi connectivity index (χ2n) is 3.87. The lowest BCUT2D eigenvalue weighted by molar-refractivity contribution is 0.298. The summed E-state index contributed by atoms with van der Waals surface area (Å²) < 4.78 is 5.66. The van der Waals surface area contributed by atoms with Crippen molar-refractivity contribution in [3.63, 3.8) is 0 Å². The van der Waals surface area contributed by atoms with Gasteiger partial charge in [0.25, 0.3) is 0 Å². The van der Waals surface area contributed by atoms with E-state index in [1.807, 2.05) is 42.5 Å². The number of hydrogen-bond donors (Lipinski definition) is 1. The first-order valence-corrected chi connectivity index (χ1v) is 5.79. The molecule has 0 saturated carbocycles. The zero-order valence-corrected chi connectivity index (χ0v) is 9.89. The van der Waals surface area contributed by atoms with Gasteiger partial charge in [0, 0.05) is 5.56 Å². The normalized spacial score (nSPS) is 10.2. The van der Waals surface area contributed by atoms with Gasteiger partial charge in [0.05, 0.1) is 0 Å².